The van der Waals surface area contributed by atoms with Crippen molar-refractivity contribution in [1.29, 1.82) is 0 Å². The molecule has 0 unspecified atom stereocenters. The summed E-state index contributed by atoms with van der Waals surface area (Å²) in [5, 5.41) is 6.37. The van der Waals surface area contributed by atoms with Crippen molar-refractivity contribution in [3.05, 3.63) is 0 Å². The minimum atomic E-state index is -0.232. The van der Waals surface area contributed by atoms with Gasteiger partial charge in [-0.2, -0.15) is 0 Å². The summed E-state index contributed by atoms with van der Waals surface area (Å²) < 4.78 is 6.01. The Bertz CT molecular complexity index is 335. The first-order chi connectivity index (χ1) is 8.47. The number of rotatable bonds is 5. The van der Waals surface area contributed by atoms with Crippen LogP contribution in [0.3, 0.4) is 0 Å². The van der Waals surface area contributed by atoms with Gasteiger partial charge in [0.25, 0.3) is 0 Å². The molecule has 0 bridgehead atoms. The van der Waals surface area contributed by atoms with Gasteiger partial charge < -0.3 is 15.4 Å². The van der Waals surface area contributed by atoms with Crippen LogP contribution >= 0.6 is 0 Å². The number of carbonyl (C=O) groups excluding carboxylic acids is 1. The van der Waals surface area contributed by atoms with Crippen LogP contribution in [0.4, 0.5) is 0 Å². The van der Waals surface area contributed by atoms with Gasteiger partial charge in [0.05, 0.1) is 17.7 Å². The molecule has 1 amide bonds. The van der Waals surface area contributed by atoms with E-state index in [4.69, 9.17) is 4.74 Å². The largest absolute Gasteiger partial charge is 0.368 e. The Balaban J connectivity index is 2.47. The molecule has 1 atom stereocenters. The van der Waals surface area contributed by atoms with E-state index in [1.54, 1.807) is 0 Å². The molecule has 0 aliphatic carbocycles. The van der Waals surface area contributed by atoms with E-state index in [1.807, 2.05) is 13.8 Å². The van der Waals surface area contributed by atoms with Gasteiger partial charge in [-0.3, -0.25) is 4.79 Å². The first kappa shape index (κ1) is 16.4. The molecule has 4 nitrogen and oxygen atoms in total. The highest BCUT2D eigenvalue weighted by Crippen LogP contribution is 2.37. The normalized spacial score (nSPS) is 25.3. The van der Waals surface area contributed by atoms with Gasteiger partial charge in [-0.15, -0.1) is 0 Å². The molecule has 1 heterocycles. The molecule has 1 aliphatic heterocycles. The summed E-state index contributed by atoms with van der Waals surface area (Å²) in [5.41, 5.74) is -0.496. The van der Waals surface area contributed by atoms with Crippen LogP contribution in [0.1, 0.15) is 61.3 Å². The fourth-order valence-corrected chi connectivity index (χ4v) is 2.61. The summed E-state index contributed by atoms with van der Waals surface area (Å²) in [7, 11) is 0. The minimum Gasteiger partial charge on any atom is -0.368 e. The fourth-order valence-electron chi connectivity index (χ4n) is 2.61. The third-order valence-electron chi connectivity index (χ3n) is 3.94. The average Bonchev–Trinajstić information content (AvgIpc) is 2.43. The van der Waals surface area contributed by atoms with Gasteiger partial charge in [0, 0.05) is 11.6 Å². The van der Waals surface area contributed by atoms with Crippen LogP contribution in [0, 0.1) is 0 Å². The van der Waals surface area contributed by atoms with E-state index < -0.39 is 0 Å². The van der Waals surface area contributed by atoms with Gasteiger partial charge in [0.1, 0.15) is 0 Å². The number of amides is 1. The molecule has 0 radical (unpaired) electrons. The van der Waals surface area contributed by atoms with Gasteiger partial charge in [0.15, 0.2) is 0 Å². The quantitative estimate of drug-likeness (QED) is 0.805. The summed E-state index contributed by atoms with van der Waals surface area (Å²) in [6, 6.07) is 0.206. The second-order valence-corrected chi connectivity index (χ2v) is 7.39. The Kier molecular flexibility index (Phi) is 4.68. The van der Waals surface area contributed by atoms with Gasteiger partial charge >= 0.3 is 0 Å². The zero-order valence-electron chi connectivity index (χ0n) is 13.5. The predicted molar refractivity (Wildman–Crippen MR) is 78.2 cm³/mol. The molecular weight excluding hydrogens is 240 g/mol. The van der Waals surface area contributed by atoms with Crippen LogP contribution in [0.25, 0.3) is 0 Å². The lowest BCUT2D eigenvalue weighted by Gasteiger charge is -2.29. The van der Waals surface area contributed by atoms with E-state index in [9.17, 15) is 4.79 Å². The van der Waals surface area contributed by atoms with Crippen molar-refractivity contribution < 1.29 is 9.53 Å². The van der Waals surface area contributed by atoms with Crippen LogP contribution in [0.2, 0.25) is 0 Å². The van der Waals surface area contributed by atoms with Crippen molar-refractivity contribution in [3.63, 3.8) is 0 Å². The van der Waals surface area contributed by atoms with Crippen LogP contribution in [0.15, 0.2) is 0 Å². The first-order valence-electron chi connectivity index (χ1n) is 7.22. The lowest BCUT2D eigenvalue weighted by Crippen LogP contribution is -2.51. The minimum absolute atomic E-state index is 0.0485. The van der Waals surface area contributed by atoms with Crippen molar-refractivity contribution in [2.75, 3.05) is 6.54 Å². The molecule has 0 saturated carbocycles. The van der Waals surface area contributed by atoms with Crippen LogP contribution in [-0.4, -0.2) is 35.2 Å². The first-order valence-corrected chi connectivity index (χ1v) is 7.22. The Morgan fingerprint density at radius 1 is 1.32 bits per heavy atom. The average molecular weight is 270 g/mol. The highest BCUT2D eigenvalue weighted by molar-refractivity contribution is 5.78. The second-order valence-electron chi connectivity index (χ2n) is 7.39. The Morgan fingerprint density at radius 3 is 2.32 bits per heavy atom. The highest BCUT2D eigenvalue weighted by Gasteiger charge is 2.45. The molecule has 0 aromatic rings. The van der Waals surface area contributed by atoms with Crippen molar-refractivity contribution in [2.24, 2.45) is 0 Å². The lowest BCUT2D eigenvalue weighted by molar-refractivity contribution is -0.122. The van der Waals surface area contributed by atoms with E-state index in [0.29, 0.717) is 6.54 Å². The van der Waals surface area contributed by atoms with Crippen LogP contribution < -0.4 is 10.6 Å². The maximum absolute atomic E-state index is 11.9. The molecule has 2 N–H and O–H groups in total. The van der Waals surface area contributed by atoms with E-state index in [-0.39, 0.29) is 28.7 Å². The lowest BCUT2D eigenvalue weighted by atomic mass is 9.94. The maximum Gasteiger partial charge on any atom is 0.234 e. The predicted octanol–water partition coefficient (Wildman–Crippen LogP) is 2.23. The molecule has 1 rings (SSSR count). The van der Waals surface area contributed by atoms with Crippen LogP contribution in [0.5, 0.6) is 0 Å². The van der Waals surface area contributed by atoms with Crippen LogP contribution in [-0.2, 0) is 9.53 Å². The number of hydrogen-bond acceptors (Lipinski definition) is 3. The standard InChI is InChI=1S/C15H30N2O2/c1-8-13(2,3)17-12(18)10-16-11-9-14(4,5)19-15(11,6)7/h11,16H,8-10H2,1-7H3,(H,17,18)/t11-/m1/s1. The molecule has 0 aromatic heterocycles. The smallest absolute Gasteiger partial charge is 0.234 e. The van der Waals surface area contributed by atoms with E-state index in [2.05, 4.69) is 45.3 Å². The third-order valence-corrected chi connectivity index (χ3v) is 3.94. The van der Waals surface area contributed by atoms with E-state index in [1.165, 1.54) is 0 Å². The van der Waals surface area contributed by atoms with Gasteiger partial charge in [-0.1, -0.05) is 6.92 Å². The molecule has 1 aliphatic rings. The molecule has 0 spiro atoms. The van der Waals surface area contributed by atoms with E-state index in [0.717, 1.165) is 12.8 Å². The maximum atomic E-state index is 11.9. The molecule has 1 saturated heterocycles. The van der Waals surface area contributed by atoms with Gasteiger partial charge in [-0.05, 0) is 54.4 Å². The van der Waals surface area contributed by atoms with Crippen molar-refractivity contribution in [3.8, 4) is 0 Å². The van der Waals surface area contributed by atoms with Gasteiger partial charge in [0.2, 0.25) is 5.91 Å². The number of ether oxygens (including phenoxy) is 1. The SMILES string of the molecule is CCC(C)(C)NC(=O)CN[C@@H]1CC(C)(C)OC1(C)C. The van der Waals surface area contributed by atoms with Gasteiger partial charge in [-0.25, -0.2) is 0 Å². The summed E-state index contributed by atoms with van der Waals surface area (Å²) >= 11 is 0. The second kappa shape index (κ2) is 5.41. The zero-order chi connectivity index (χ0) is 14.9. The summed E-state index contributed by atoms with van der Waals surface area (Å²) in [5.74, 6) is 0.0485. The molecule has 1 fully saturated rings. The van der Waals surface area contributed by atoms with Crippen molar-refractivity contribution in [2.45, 2.75) is 84.1 Å². The molecule has 112 valence electrons. The van der Waals surface area contributed by atoms with Crippen molar-refractivity contribution in [1.82, 2.24) is 10.6 Å². The summed E-state index contributed by atoms with van der Waals surface area (Å²) in [6.07, 6.45) is 1.84. The Labute approximate surface area is 117 Å². The molecular formula is C15H30N2O2. The van der Waals surface area contributed by atoms with E-state index >= 15 is 0 Å². The molecule has 4 heteroatoms. The fraction of sp³-hybridized carbons (Fsp3) is 0.933. The third kappa shape index (κ3) is 4.77. The number of carbonyl (C=O) groups is 1. The number of nitrogens with one attached hydrogen (secondary N) is 2. The number of hydrogen-bond donors (Lipinski definition) is 2. The summed E-state index contributed by atoms with van der Waals surface area (Å²) in [4.78, 5) is 11.9. The zero-order valence-corrected chi connectivity index (χ0v) is 13.5. The van der Waals surface area contributed by atoms with Crippen molar-refractivity contribution >= 4 is 5.91 Å². The molecule has 0 aromatic carbocycles. The topological polar surface area (TPSA) is 50.4 Å². The molecule has 19 heavy (non-hydrogen) atoms. The summed E-state index contributed by atoms with van der Waals surface area (Å²) in [6.45, 7) is 14.8. The Hall–Kier alpha value is -0.610. The highest BCUT2D eigenvalue weighted by atomic mass is 16.5. The monoisotopic (exact) mass is 270 g/mol. The Morgan fingerprint density at radius 2 is 1.89 bits per heavy atom.